The number of piperidine rings is 1. The molecule has 2 heterocycles. The van der Waals surface area contributed by atoms with Crippen molar-refractivity contribution in [3.8, 4) is 5.69 Å². The summed E-state index contributed by atoms with van der Waals surface area (Å²) in [5.74, 6) is 0.609. The molecular weight excluding hydrogens is 412 g/mol. The van der Waals surface area contributed by atoms with Crippen LogP contribution in [0, 0.1) is 12.8 Å². The minimum Gasteiger partial charge on any atom is -0.354 e. The maximum absolute atomic E-state index is 12.8. The van der Waals surface area contributed by atoms with E-state index >= 15 is 0 Å². The summed E-state index contributed by atoms with van der Waals surface area (Å²) in [6.07, 6.45) is 1.73. The van der Waals surface area contributed by atoms with Crippen molar-refractivity contribution in [1.29, 1.82) is 0 Å². The van der Waals surface area contributed by atoms with Gasteiger partial charge < -0.3 is 10.2 Å². The number of hydrogen-bond acceptors (Lipinski definition) is 4. The average molecular weight is 437 g/mol. The molecule has 0 bridgehead atoms. The number of carbonyl (C=O) groups excluding carboxylic acids is 1. The van der Waals surface area contributed by atoms with Crippen LogP contribution in [0.1, 0.15) is 24.0 Å². The van der Waals surface area contributed by atoms with Crippen molar-refractivity contribution >= 4 is 23.3 Å². The van der Waals surface area contributed by atoms with Gasteiger partial charge in [-0.1, -0.05) is 41.9 Å². The lowest BCUT2D eigenvalue weighted by Crippen LogP contribution is -2.43. The Morgan fingerprint density at radius 1 is 1.16 bits per heavy atom. The van der Waals surface area contributed by atoms with E-state index in [1.54, 1.807) is 30.3 Å². The van der Waals surface area contributed by atoms with E-state index in [1.807, 2.05) is 31.2 Å². The van der Waals surface area contributed by atoms with Gasteiger partial charge in [0, 0.05) is 30.7 Å². The van der Waals surface area contributed by atoms with Gasteiger partial charge in [-0.25, -0.2) is 0 Å². The maximum atomic E-state index is 12.8. The first kappa shape index (κ1) is 21.1. The van der Waals surface area contributed by atoms with Gasteiger partial charge in [0.15, 0.2) is 0 Å². The number of rotatable bonds is 5. The van der Waals surface area contributed by atoms with Crippen LogP contribution in [-0.4, -0.2) is 28.8 Å². The van der Waals surface area contributed by atoms with Gasteiger partial charge >= 0.3 is 0 Å². The molecule has 1 aliphatic rings. The fourth-order valence-corrected chi connectivity index (χ4v) is 4.08. The molecule has 0 radical (unpaired) electrons. The van der Waals surface area contributed by atoms with Gasteiger partial charge in [0.25, 0.3) is 5.56 Å². The summed E-state index contributed by atoms with van der Waals surface area (Å²) in [5.41, 5.74) is 2.68. The Labute approximate surface area is 186 Å². The number of aryl methyl sites for hydroxylation is 1. The monoisotopic (exact) mass is 436 g/mol. The standard InChI is InChI=1S/C24H25ClN4O2/c1-17-6-2-3-7-18(17)15-26-24(31)19-8-5-13-28(16-19)22-11-12-23(30)29(27-22)21-10-4-9-20(25)14-21/h2-4,6-7,9-12,14,19H,5,8,13,15-16H2,1H3,(H,26,31)/t19-/m0/s1. The van der Waals surface area contributed by atoms with Crippen molar-refractivity contribution in [2.24, 2.45) is 5.92 Å². The van der Waals surface area contributed by atoms with Crippen LogP contribution in [0.2, 0.25) is 5.02 Å². The number of nitrogens with one attached hydrogen (secondary N) is 1. The molecule has 0 unspecified atom stereocenters. The van der Waals surface area contributed by atoms with Crippen LogP contribution in [0.25, 0.3) is 5.69 Å². The molecule has 7 heteroatoms. The van der Waals surface area contributed by atoms with E-state index in [9.17, 15) is 9.59 Å². The minimum atomic E-state index is -0.226. The Kier molecular flexibility index (Phi) is 6.37. The van der Waals surface area contributed by atoms with Crippen molar-refractivity contribution < 1.29 is 4.79 Å². The first-order valence-electron chi connectivity index (χ1n) is 10.4. The van der Waals surface area contributed by atoms with Gasteiger partial charge in [-0.3, -0.25) is 9.59 Å². The van der Waals surface area contributed by atoms with Gasteiger partial charge in [0.1, 0.15) is 5.82 Å². The molecule has 1 saturated heterocycles. The van der Waals surface area contributed by atoms with E-state index in [4.69, 9.17) is 11.6 Å². The van der Waals surface area contributed by atoms with Crippen LogP contribution in [0.5, 0.6) is 0 Å². The maximum Gasteiger partial charge on any atom is 0.271 e. The van der Waals surface area contributed by atoms with Gasteiger partial charge in [0.05, 0.1) is 11.6 Å². The molecule has 0 aliphatic carbocycles. The third-order valence-electron chi connectivity index (χ3n) is 5.67. The van der Waals surface area contributed by atoms with E-state index in [0.717, 1.165) is 24.9 Å². The van der Waals surface area contributed by atoms with Gasteiger partial charge in [-0.15, -0.1) is 5.10 Å². The summed E-state index contributed by atoms with van der Waals surface area (Å²) >= 11 is 6.08. The highest BCUT2D eigenvalue weighted by atomic mass is 35.5. The van der Waals surface area contributed by atoms with Crippen molar-refractivity contribution in [3.63, 3.8) is 0 Å². The highest BCUT2D eigenvalue weighted by Gasteiger charge is 2.27. The number of anilines is 1. The Morgan fingerprint density at radius 3 is 2.81 bits per heavy atom. The topological polar surface area (TPSA) is 67.2 Å². The fourth-order valence-electron chi connectivity index (χ4n) is 3.90. The van der Waals surface area contributed by atoms with Gasteiger partial charge in [0.2, 0.25) is 5.91 Å². The van der Waals surface area contributed by atoms with Crippen LogP contribution < -0.4 is 15.8 Å². The number of halogens is 1. The number of hydrogen-bond donors (Lipinski definition) is 1. The zero-order valence-electron chi connectivity index (χ0n) is 17.4. The highest BCUT2D eigenvalue weighted by Crippen LogP contribution is 2.22. The number of nitrogens with zero attached hydrogens (tertiary/aromatic N) is 3. The van der Waals surface area contributed by atoms with Crippen LogP contribution in [-0.2, 0) is 11.3 Å². The molecule has 6 nitrogen and oxygen atoms in total. The Bertz CT molecular complexity index is 1140. The number of benzene rings is 2. The van der Waals surface area contributed by atoms with Crippen molar-refractivity contribution in [1.82, 2.24) is 15.1 Å². The summed E-state index contributed by atoms with van der Waals surface area (Å²) in [6.45, 7) is 3.94. The third kappa shape index (κ3) is 4.97. The fraction of sp³-hybridized carbons (Fsp3) is 0.292. The second kappa shape index (κ2) is 9.35. The van der Waals surface area contributed by atoms with Crippen LogP contribution in [0.4, 0.5) is 5.82 Å². The second-order valence-corrected chi connectivity index (χ2v) is 8.29. The molecule has 1 aliphatic heterocycles. The van der Waals surface area contributed by atoms with Crippen LogP contribution in [0.15, 0.2) is 65.5 Å². The normalized spacial score (nSPS) is 16.2. The Morgan fingerprint density at radius 2 is 2.00 bits per heavy atom. The number of carbonyl (C=O) groups is 1. The first-order valence-corrected chi connectivity index (χ1v) is 10.8. The summed E-state index contributed by atoms with van der Waals surface area (Å²) in [4.78, 5) is 27.2. The lowest BCUT2D eigenvalue weighted by Gasteiger charge is -2.33. The molecule has 1 amide bonds. The molecule has 31 heavy (non-hydrogen) atoms. The lowest BCUT2D eigenvalue weighted by molar-refractivity contribution is -0.125. The summed E-state index contributed by atoms with van der Waals surface area (Å²) < 4.78 is 1.35. The first-order chi connectivity index (χ1) is 15.0. The zero-order chi connectivity index (χ0) is 21.8. The zero-order valence-corrected chi connectivity index (χ0v) is 18.2. The van der Waals surface area contributed by atoms with Crippen LogP contribution >= 0.6 is 11.6 Å². The lowest BCUT2D eigenvalue weighted by atomic mass is 9.97. The van der Waals surface area contributed by atoms with E-state index in [0.29, 0.717) is 29.6 Å². The smallest absolute Gasteiger partial charge is 0.271 e. The quantitative estimate of drug-likeness (QED) is 0.661. The van der Waals surface area contributed by atoms with Crippen molar-refractivity contribution in [3.05, 3.63) is 87.2 Å². The molecule has 0 saturated carbocycles. The molecule has 1 aromatic heterocycles. The molecular formula is C24H25ClN4O2. The Balaban J connectivity index is 1.47. The molecule has 160 valence electrons. The summed E-state index contributed by atoms with van der Waals surface area (Å²) in [7, 11) is 0. The SMILES string of the molecule is Cc1ccccc1CNC(=O)[C@H]1CCCN(c2ccc(=O)n(-c3cccc(Cl)c3)n2)C1. The second-order valence-electron chi connectivity index (χ2n) is 7.85. The predicted molar refractivity (Wildman–Crippen MR) is 123 cm³/mol. The van der Waals surface area contributed by atoms with Gasteiger partial charge in [-0.2, -0.15) is 4.68 Å². The number of aromatic nitrogens is 2. The molecule has 2 aromatic carbocycles. The molecule has 3 aromatic rings. The molecule has 4 rings (SSSR count). The van der Waals surface area contributed by atoms with E-state index < -0.39 is 0 Å². The summed E-state index contributed by atoms with van der Waals surface area (Å²) in [6, 6.07) is 18.3. The molecule has 0 spiro atoms. The minimum absolute atomic E-state index is 0.0520. The van der Waals surface area contributed by atoms with Crippen molar-refractivity contribution in [2.75, 3.05) is 18.0 Å². The van der Waals surface area contributed by atoms with Crippen LogP contribution in [0.3, 0.4) is 0 Å². The number of amides is 1. The third-order valence-corrected chi connectivity index (χ3v) is 5.90. The van der Waals surface area contributed by atoms with Gasteiger partial charge in [-0.05, 0) is 55.2 Å². The van der Waals surface area contributed by atoms with E-state index in [1.165, 1.54) is 16.3 Å². The largest absolute Gasteiger partial charge is 0.354 e. The Hall–Kier alpha value is -3.12. The van der Waals surface area contributed by atoms with E-state index in [-0.39, 0.29) is 17.4 Å². The highest BCUT2D eigenvalue weighted by molar-refractivity contribution is 6.30. The molecule has 1 N–H and O–H groups in total. The summed E-state index contributed by atoms with van der Waals surface area (Å²) in [5, 5.41) is 8.17. The average Bonchev–Trinajstić information content (AvgIpc) is 2.79. The van der Waals surface area contributed by atoms with Crippen molar-refractivity contribution in [2.45, 2.75) is 26.3 Å². The molecule has 1 atom stereocenters. The predicted octanol–water partition coefficient (Wildman–Crippen LogP) is 3.73. The molecule has 1 fully saturated rings. The van der Waals surface area contributed by atoms with E-state index in [2.05, 4.69) is 15.3 Å².